The first-order valence-corrected chi connectivity index (χ1v) is 3.39. The van der Waals surface area contributed by atoms with Crippen LogP contribution in [0, 0.1) is 15.3 Å². The molecule has 7 nitrogen and oxygen atoms in total. The summed E-state index contributed by atoms with van der Waals surface area (Å²) in [6, 6.07) is 0. The zero-order valence-electron chi connectivity index (χ0n) is 6.71. The summed E-state index contributed by atoms with van der Waals surface area (Å²) in [4.78, 5) is 19.3. The third-order valence-electron chi connectivity index (χ3n) is 1.53. The lowest BCUT2D eigenvalue weighted by Gasteiger charge is -2.01. The fourth-order valence-electron chi connectivity index (χ4n) is 0.944. The normalized spacial score (nSPS) is 18.6. The molecule has 72 valence electrons. The standard InChI is InChI=1S/C7H4N2O5/c10-4-5-6(8(11)12)2-1-3-7(5)9(13)14/h1-3H,(H,11,12). The van der Waals surface area contributed by atoms with Crippen LogP contribution in [0.4, 0.5) is 0 Å². The van der Waals surface area contributed by atoms with Crippen molar-refractivity contribution in [2.24, 2.45) is 0 Å². The number of allylic oxidation sites excluding steroid dienone is 4. The second-order valence-corrected chi connectivity index (χ2v) is 2.30. The van der Waals surface area contributed by atoms with E-state index in [1.165, 1.54) is 12.0 Å². The second-order valence-electron chi connectivity index (χ2n) is 2.30. The minimum atomic E-state index is -0.840. The first kappa shape index (κ1) is 9.69. The Bertz CT molecular complexity index is 421. The molecule has 0 aromatic heterocycles. The van der Waals surface area contributed by atoms with E-state index in [9.17, 15) is 20.1 Å². The van der Waals surface area contributed by atoms with E-state index in [0.29, 0.717) is 0 Å². The number of nitro groups is 1. The predicted octanol–water partition coefficient (Wildman–Crippen LogP) is -0.185. The largest absolute Gasteiger partial charge is 0.417 e. The van der Waals surface area contributed by atoms with E-state index in [0.717, 1.165) is 12.2 Å². The predicted molar refractivity (Wildman–Crippen MR) is 43.8 cm³/mol. The van der Waals surface area contributed by atoms with Gasteiger partial charge in [0.2, 0.25) is 5.57 Å². The maximum atomic E-state index is 10.5. The first-order chi connectivity index (χ1) is 6.57. The van der Waals surface area contributed by atoms with Crippen LogP contribution in [0.25, 0.3) is 0 Å². The van der Waals surface area contributed by atoms with E-state index in [1.807, 2.05) is 0 Å². The van der Waals surface area contributed by atoms with Gasteiger partial charge in [0.25, 0.3) is 11.4 Å². The summed E-state index contributed by atoms with van der Waals surface area (Å²) in [6.45, 7) is 0. The maximum Gasteiger partial charge on any atom is 0.294 e. The molecule has 0 bridgehead atoms. The lowest BCUT2D eigenvalue weighted by Crippen LogP contribution is -2.19. The van der Waals surface area contributed by atoms with Crippen molar-refractivity contribution in [1.29, 1.82) is 0 Å². The average molecular weight is 196 g/mol. The number of rotatable bonds is 1. The third-order valence-corrected chi connectivity index (χ3v) is 1.53. The Labute approximate surface area is 77.3 Å². The fourth-order valence-corrected chi connectivity index (χ4v) is 0.944. The molecule has 0 aliphatic heterocycles. The van der Waals surface area contributed by atoms with Crippen molar-refractivity contribution < 1.29 is 19.8 Å². The highest BCUT2D eigenvalue weighted by Gasteiger charge is 2.31. The zero-order valence-corrected chi connectivity index (χ0v) is 6.71. The number of nitrogens with zero attached hydrogens (tertiary/aromatic N) is 2. The van der Waals surface area contributed by atoms with Crippen LogP contribution in [0.3, 0.4) is 0 Å². The Kier molecular flexibility index (Phi) is 2.45. The SMILES string of the molecule is O=C=C1C([N+](=O)[O-])=CC=C/C1=[N+](\[O-])O. The Morgan fingerprint density at radius 1 is 1.43 bits per heavy atom. The molecule has 14 heavy (non-hydrogen) atoms. The van der Waals surface area contributed by atoms with E-state index in [-0.39, 0.29) is 0 Å². The highest BCUT2D eigenvalue weighted by molar-refractivity contribution is 6.14. The summed E-state index contributed by atoms with van der Waals surface area (Å²) in [5.74, 6) is 1.23. The molecule has 0 unspecified atom stereocenters. The lowest BCUT2D eigenvalue weighted by atomic mass is 10.0. The van der Waals surface area contributed by atoms with Gasteiger partial charge in [-0.05, 0) is 6.08 Å². The van der Waals surface area contributed by atoms with Crippen molar-refractivity contribution in [3.63, 3.8) is 0 Å². The third kappa shape index (κ3) is 1.52. The summed E-state index contributed by atoms with van der Waals surface area (Å²) in [5.41, 5.74) is -1.66. The summed E-state index contributed by atoms with van der Waals surface area (Å²) >= 11 is 0. The van der Waals surface area contributed by atoms with Gasteiger partial charge >= 0.3 is 0 Å². The fraction of sp³-hybridized carbons (Fsp3) is 0. The number of hydrogen-bond donors (Lipinski definition) is 1. The Morgan fingerprint density at radius 2 is 2.07 bits per heavy atom. The van der Waals surface area contributed by atoms with Crippen LogP contribution in [0.15, 0.2) is 29.5 Å². The van der Waals surface area contributed by atoms with E-state index >= 15 is 0 Å². The van der Waals surface area contributed by atoms with Crippen LogP contribution in [0.5, 0.6) is 0 Å². The van der Waals surface area contributed by atoms with Crippen molar-refractivity contribution in [1.82, 2.24) is 0 Å². The minimum absolute atomic E-state index is 0.505. The number of carbonyl (C=O) groups excluding carboxylic acids is 1. The highest BCUT2D eigenvalue weighted by atomic mass is 16.8. The van der Waals surface area contributed by atoms with Crippen molar-refractivity contribution in [2.45, 2.75) is 0 Å². The topological polar surface area (TPSA) is 107 Å². The van der Waals surface area contributed by atoms with Crippen LogP contribution in [-0.2, 0) is 4.79 Å². The van der Waals surface area contributed by atoms with E-state index in [4.69, 9.17) is 5.21 Å². The molecule has 1 rings (SSSR count). The van der Waals surface area contributed by atoms with Crippen LogP contribution in [0.2, 0.25) is 0 Å². The Hall–Kier alpha value is -2.40. The van der Waals surface area contributed by atoms with Crippen molar-refractivity contribution in [3.8, 4) is 0 Å². The quantitative estimate of drug-likeness (QED) is 0.206. The van der Waals surface area contributed by atoms with Gasteiger partial charge in [0.15, 0.2) is 0 Å². The molecule has 0 aromatic rings. The molecular formula is C7H4N2O5. The molecule has 0 amide bonds. The lowest BCUT2D eigenvalue weighted by molar-refractivity contribution is -0.725. The van der Waals surface area contributed by atoms with Gasteiger partial charge in [0, 0.05) is 17.1 Å². The van der Waals surface area contributed by atoms with Gasteiger partial charge in [-0.1, -0.05) is 0 Å². The van der Waals surface area contributed by atoms with Gasteiger partial charge in [0.05, 0.1) is 4.92 Å². The van der Waals surface area contributed by atoms with E-state index in [1.54, 1.807) is 0 Å². The Morgan fingerprint density at radius 3 is 2.50 bits per heavy atom. The molecule has 1 aliphatic carbocycles. The smallest absolute Gasteiger partial charge is 0.294 e. The van der Waals surface area contributed by atoms with Gasteiger partial charge in [-0.25, -0.2) is 4.79 Å². The van der Waals surface area contributed by atoms with Crippen LogP contribution in [-0.4, -0.2) is 26.7 Å². The molecule has 0 atom stereocenters. The zero-order chi connectivity index (χ0) is 10.7. The van der Waals surface area contributed by atoms with Crippen molar-refractivity contribution in [2.75, 3.05) is 0 Å². The summed E-state index contributed by atoms with van der Waals surface area (Å²) in [7, 11) is 0. The molecule has 1 N–H and O–H groups in total. The molecular weight excluding hydrogens is 192 g/mol. The Balaban J connectivity index is 3.35. The molecule has 0 saturated heterocycles. The van der Waals surface area contributed by atoms with Crippen LogP contribution >= 0.6 is 0 Å². The van der Waals surface area contributed by atoms with Gasteiger partial charge in [0.1, 0.15) is 5.94 Å². The molecule has 0 spiro atoms. The van der Waals surface area contributed by atoms with Crippen LogP contribution < -0.4 is 0 Å². The first-order valence-electron chi connectivity index (χ1n) is 3.39. The van der Waals surface area contributed by atoms with Crippen molar-refractivity contribution in [3.05, 3.63) is 44.8 Å². The van der Waals surface area contributed by atoms with E-state index < -0.39 is 26.8 Å². The molecule has 1 aliphatic rings. The molecule has 0 radical (unpaired) electrons. The highest BCUT2D eigenvalue weighted by Crippen LogP contribution is 2.14. The average Bonchev–Trinajstić information content (AvgIpc) is 2.16. The molecule has 0 heterocycles. The van der Waals surface area contributed by atoms with Gasteiger partial charge in [-0.15, -0.1) is 0 Å². The second kappa shape index (κ2) is 3.55. The summed E-state index contributed by atoms with van der Waals surface area (Å²) in [5, 5.41) is 29.4. The van der Waals surface area contributed by atoms with Gasteiger partial charge in [-0.3, -0.25) is 15.3 Å². The molecule has 0 aromatic carbocycles. The monoisotopic (exact) mass is 196 g/mol. The van der Waals surface area contributed by atoms with Crippen molar-refractivity contribution >= 4 is 11.7 Å². The van der Waals surface area contributed by atoms with Gasteiger partial charge in [-0.2, -0.15) is 0 Å². The maximum absolute atomic E-state index is 10.5. The molecule has 0 saturated carbocycles. The summed E-state index contributed by atoms with van der Waals surface area (Å²) in [6.07, 6.45) is 3.28. The van der Waals surface area contributed by atoms with Gasteiger partial charge < -0.3 is 5.21 Å². The van der Waals surface area contributed by atoms with Crippen LogP contribution in [0.1, 0.15) is 0 Å². The molecule has 7 heteroatoms. The summed E-state index contributed by atoms with van der Waals surface area (Å²) < 4.78 is 0. The van der Waals surface area contributed by atoms with E-state index in [2.05, 4.69) is 0 Å². The number of hydrogen-bond acceptors (Lipinski definition) is 5. The molecule has 0 fully saturated rings. The minimum Gasteiger partial charge on any atom is -0.417 e.